The Morgan fingerprint density at radius 1 is 1.47 bits per heavy atom. The lowest BCUT2D eigenvalue weighted by atomic mass is 10.3. The van der Waals surface area contributed by atoms with Crippen molar-refractivity contribution in [2.45, 2.75) is 25.5 Å². The van der Waals surface area contributed by atoms with Crippen LogP contribution in [-0.2, 0) is 21.9 Å². The molecule has 6 heteroatoms. The fourth-order valence-corrected chi connectivity index (χ4v) is 2.50. The number of pyridine rings is 1. The van der Waals surface area contributed by atoms with Crippen LogP contribution in [0.1, 0.15) is 11.4 Å². The minimum Gasteiger partial charge on any atom is -0.376 e. The van der Waals surface area contributed by atoms with Crippen LogP contribution in [0.4, 0.5) is 0 Å². The van der Waals surface area contributed by atoms with Gasteiger partial charge in [-0.15, -0.1) is 11.6 Å². The van der Waals surface area contributed by atoms with E-state index in [1.54, 1.807) is 0 Å². The van der Waals surface area contributed by atoms with Crippen LogP contribution in [0.3, 0.4) is 0 Å². The summed E-state index contributed by atoms with van der Waals surface area (Å²) in [5.74, 6) is 1.19. The molecule has 102 valence electrons. The summed E-state index contributed by atoms with van der Waals surface area (Å²) in [6.45, 7) is 4.59. The van der Waals surface area contributed by atoms with Crippen molar-refractivity contribution in [2.75, 3.05) is 19.8 Å². The predicted molar refractivity (Wildman–Crippen MR) is 72.4 cm³/mol. The molecule has 5 nitrogen and oxygen atoms in total. The summed E-state index contributed by atoms with van der Waals surface area (Å²) in [7, 11) is 0. The molecule has 0 N–H and O–H groups in total. The van der Waals surface area contributed by atoms with Crippen molar-refractivity contribution in [3.05, 3.63) is 23.7 Å². The van der Waals surface area contributed by atoms with Gasteiger partial charge in [-0.2, -0.15) is 0 Å². The van der Waals surface area contributed by atoms with Gasteiger partial charge in [0.05, 0.1) is 38.3 Å². The maximum absolute atomic E-state index is 5.98. The molecule has 1 fully saturated rings. The second-order valence-electron chi connectivity index (χ2n) is 4.70. The minimum atomic E-state index is 0.0382. The van der Waals surface area contributed by atoms with Gasteiger partial charge in [0.2, 0.25) is 0 Å². The molecule has 0 aromatic carbocycles. The van der Waals surface area contributed by atoms with E-state index in [0.29, 0.717) is 32.2 Å². The largest absolute Gasteiger partial charge is 0.376 e. The summed E-state index contributed by atoms with van der Waals surface area (Å²) < 4.78 is 13.1. The number of imidazole rings is 1. The molecule has 1 aliphatic heterocycles. The number of fused-ring (bicyclic) bond motifs is 1. The van der Waals surface area contributed by atoms with Crippen LogP contribution in [0.25, 0.3) is 11.2 Å². The van der Waals surface area contributed by atoms with Gasteiger partial charge in [0.1, 0.15) is 11.3 Å². The molecular weight excluding hydrogens is 266 g/mol. The number of rotatable bonds is 3. The van der Waals surface area contributed by atoms with Crippen molar-refractivity contribution in [1.82, 2.24) is 14.5 Å². The summed E-state index contributed by atoms with van der Waals surface area (Å²) in [4.78, 5) is 8.99. The molecule has 1 aliphatic rings. The molecule has 0 aliphatic carbocycles. The van der Waals surface area contributed by atoms with Gasteiger partial charge in [-0.25, -0.2) is 9.97 Å². The second kappa shape index (κ2) is 5.45. The van der Waals surface area contributed by atoms with E-state index < -0.39 is 0 Å². The first kappa shape index (κ1) is 12.8. The van der Waals surface area contributed by atoms with E-state index in [4.69, 9.17) is 21.1 Å². The van der Waals surface area contributed by atoms with Gasteiger partial charge < -0.3 is 14.0 Å². The van der Waals surface area contributed by atoms with E-state index in [1.807, 2.05) is 23.8 Å². The van der Waals surface area contributed by atoms with Crippen LogP contribution in [0.5, 0.6) is 0 Å². The number of ether oxygens (including phenoxy) is 2. The third-order valence-electron chi connectivity index (χ3n) is 3.19. The number of alkyl halides is 1. The third-order valence-corrected chi connectivity index (χ3v) is 3.43. The van der Waals surface area contributed by atoms with E-state index >= 15 is 0 Å². The zero-order valence-corrected chi connectivity index (χ0v) is 11.6. The minimum absolute atomic E-state index is 0.0382. The van der Waals surface area contributed by atoms with Crippen LogP contribution in [0, 0.1) is 6.92 Å². The maximum atomic E-state index is 5.98. The Labute approximate surface area is 116 Å². The zero-order valence-electron chi connectivity index (χ0n) is 10.8. The summed E-state index contributed by atoms with van der Waals surface area (Å²) in [6, 6.07) is 2.02. The highest BCUT2D eigenvalue weighted by Crippen LogP contribution is 2.18. The smallest absolute Gasteiger partial charge is 0.160 e. The number of hydrogen-bond acceptors (Lipinski definition) is 4. The van der Waals surface area contributed by atoms with Crippen LogP contribution >= 0.6 is 11.6 Å². The van der Waals surface area contributed by atoms with E-state index in [9.17, 15) is 0 Å². The van der Waals surface area contributed by atoms with Gasteiger partial charge in [-0.3, -0.25) is 0 Å². The first-order valence-corrected chi connectivity index (χ1v) is 6.88. The van der Waals surface area contributed by atoms with Crippen molar-refractivity contribution < 1.29 is 9.47 Å². The van der Waals surface area contributed by atoms with E-state index in [-0.39, 0.29) is 6.10 Å². The molecule has 0 amide bonds. The third kappa shape index (κ3) is 2.59. The van der Waals surface area contributed by atoms with Crippen LogP contribution in [0.2, 0.25) is 0 Å². The highest BCUT2D eigenvalue weighted by molar-refractivity contribution is 6.16. The average Bonchev–Trinajstić information content (AvgIpc) is 2.77. The van der Waals surface area contributed by atoms with Crippen molar-refractivity contribution in [3.63, 3.8) is 0 Å². The molecule has 0 radical (unpaired) electrons. The SMILES string of the molecule is Cc1cnc2c(c1)nc(CCl)n2CC1COCCO1. The molecule has 0 spiro atoms. The normalized spacial score (nSPS) is 20.0. The van der Waals surface area contributed by atoms with Crippen LogP contribution in [0.15, 0.2) is 12.3 Å². The van der Waals surface area contributed by atoms with E-state index in [0.717, 1.165) is 22.6 Å². The Morgan fingerprint density at radius 2 is 2.37 bits per heavy atom. The van der Waals surface area contributed by atoms with E-state index in [2.05, 4.69) is 9.97 Å². The molecule has 3 rings (SSSR count). The molecule has 19 heavy (non-hydrogen) atoms. The second-order valence-corrected chi connectivity index (χ2v) is 4.96. The van der Waals surface area contributed by atoms with Gasteiger partial charge in [0.15, 0.2) is 5.65 Å². The Morgan fingerprint density at radius 3 is 3.11 bits per heavy atom. The van der Waals surface area contributed by atoms with Crippen molar-refractivity contribution in [1.29, 1.82) is 0 Å². The fraction of sp³-hybridized carbons (Fsp3) is 0.538. The first-order valence-electron chi connectivity index (χ1n) is 6.35. The van der Waals surface area contributed by atoms with E-state index in [1.165, 1.54) is 0 Å². The number of halogens is 1. The molecule has 1 unspecified atom stereocenters. The monoisotopic (exact) mass is 281 g/mol. The fourth-order valence-electron chi connectivity index (χ4n) is 2.30. The summed E-state index contributed by atoms with van der Waals surface area (Å²) in [6.07, 6.45) is 1.88. The number of aryl methyl sites for hydroxylation is 1. The number of aromatic nitrogens is 3. The lowest BCUT2D eigenvalue weighted by molar-refractivity contribution is -0.0934. The summed E-state index contributed by atoms with van der Waals surface area (Å²) in [5, 5.41) is 0. The first-order chi connectivity index (χ1) is 9.28. The Bertz CT molecular complexity index is 579. The summed E-state index contributed by atoms with van der Waals surface area (Å²) in [5.41, 5.74) is 2.83. The van der Waals surface area contributed by atoms with Crippen molar-refractivity contribution in [3.8, 4) is 0 Å². The van der Waals surface area contributed by atoms with Crippen molar-refractivity contribution in [2.24, 2.45) is 0 Å². The van der Waals surface area contributed by atoms with Crippen LogP contribution < -0.4 is 0 Å². The lowest BCUT2D eigenvalue weighted by Crippen LogP contribution is -2.32. The highest BCUT2D eigenvalue weighted by atomic mass is 35.5. The predicted octanol–water partition coefficient (Wildman–Crippen LogP) is 1.89. The Hall–Kier alpha value is -1.17. The van der Waals surface area contributed by atoms with Gasteiger partial charge in [-0.05, 0) is 18.6 Å². The Balaban J connectivity index is 1.95. The standard InChI is InChI=1S/C13H16ClN3O2/c1-9-4-11-13(15-6-9)17(12(5-14)16-11)7-10-8-18-2-3-19-10/h4,6,10H,2-3,5,7-8H2,1H3. The van der Waals surface area contributed by atoms with Gasteiger partial charge in [-0.1, -0.05) is 0 Å². The highest BCUT2D eigenvalue weighted by Gasteiger charge is 2.19. The number of nitrogens with zero attached hydrogens (tertiary/aromatic N) is 3. The lowest BCUT2D eigenvalue weighted by Gasteiger charge is -2.23. The molecular formula is C13H16ClN3O2. The molecule has 1 atom stereocenters. The Kier molecular flexibility index (Phi) is 3.68. The topological polar surface area (TPSA) is 49.2 Å². The van der Waals surface area contributed by atoms with Gasteiger partial charge in [0, 0.05) is 6.20 Å². The maximum Gasteiger partial charge on any atom is 0.160 e. The molecule has 0 bridgehead atoms. The van der Waals surface area contributed by atoms with Crippen LogP contribution in [-0.4, -0.2) is 40.5 Å². The quantitative estimate of drug-likeness (QED) is 0.806. The van der Waals surface area contributed by atoms with Crippen molar-refractivity contribution >= 4 is 22.8 Å². The molecule has 3 heterocycles. The van der Waals surface area contributed by atoms with Gasteiger partial charge in [0.25, 0.3) is 0 Å². The number of hydrogen-bond donors (Lipinski definition) is 0. The molecule has 1 saturated heterocycles. The summed E-state index contributed by atoms with van der Waals surface area (Å²) >= 11 is 5.98. The molecule has 0 saturated carbocycles. The molecule has 2 aromatic rings. The van der Waals surface area contributed by atoms with Gasteiger partial charge >= 0.3 is 0 Å². The average molecular weight is 282 g/mol. The zero-order chi connectivity index (χ0) is 13.2. The molecule has 2 aromatic heterocycles.